The van der Waals surface area contributed by atoms with Crippen LogP contribution in [-0.4, -0.2) is 37.6 Å². The van der Waals surface area contributed by atoms with Gasteiger partial charge in [0.15, 0.2) is 0 Å². The van der Waals surface area contributed by atoms with Gasteiger partial charge in [-0.2, -0.15) is 0 Å². The normalized spacial score (nSPS) is 32.3. The quantitative estimate of drug-likeness (QED) is 0.810. The highest BCUT2D eigenvalue weighted by Crippen LogP contribution is 2.23. The molecule has 0 aromatic heterocycles. The molecule has 2 saturated heterocycles. The summed E-state index contributed by atoms with van der Waals surface area (Å²) in [5, 5.41) is 3.54. The van der Waals surface area contributed by atoms with Crippen molar-refractivity contribution in [3.8, 4) is 0 Å². The monoisotopic (exact) mass is 238 g/mol. The molecule has 0 aromatic rings. The Morgan fingerprint density at radius 1 is 1.06 bits per heavy atom. The first-order chi connectivity index (χ1) is 8.38. The fourth-order valence-corrected chi connectivity index (χ4v) is 3.55. The molecule has 1 N–H and O–H groups in total. The Bertz CT molecular complexity index is 199. The summed E-state index contributed by atoms with van der Waals surface area (Å²) in [5.74, 6) is 1.95. The number of likely N-dealkylation sites (tertiary alicyclic amines) is 1. The first kappa shape index (κ1) is 13.4. The van der Waals surface area contributed by atoms with Gasteiger partial charge in [0.2, 0.25) is 0 Å². The maximum atomic E-state index is 3.54. The molecule has 0 saturated carbocycles. The van der Waals surface area contributed by atoms with Gasteiger partial charge in [0.1, 0.15) is 0 Å². The Labute approximate surface area is 107 Å². The van der Waals surface area contributed by atoms with Crippen molar-refractivity contribution in [3.05, 3.63) is 0 Å². The van der Waals surface area contributed by atoms with E-state index in [0.717, 1.165) is 11.8 Å². The van der Waals surface area contributed by atoms with E-state index in [1.165, 1.54) is 77.7 Å². The molecule has 2 aliphatic heterocycles. The zero-order chi connectivity index (χ0) is 11.9. The fraction of sp³-hybridized carbons (Fsp3) is 1.00. The maximum Gasteiger partial charge on any atom is 0.00218 e. The molecule has 0 amide bonds. The molecular formula is C15H30N2. The lowest BCUT2D eigenvalue weighted by Gasteiger charge is -2.29. The van der Waals surface area contributed by atoms with Crippen LogP contribution < -0.4 is 5.32 Å². The number of nitrogens with zero attached hydrogens (tertiary/aromatic N) is 1. The third-order valence-electron chi connectivity index (χ3n) is 4.55. The molecule has 2 nitrogen and oxygen atoms in total. The molecule has 2 atom stereocenters. The molecule has 2 unspecified atom stereocenters. The second kappa shape index (κ2) is 7.38. The summed E-state index contributed by atoms with van der Waals surface area (Å²) >= 11 is 0. The van der Waals surface area contributed by atoms with Gasteiger partial charge in [-0.05, 0) is 70.1 Å². The summed E-state index contributed by atoms with van der Waals surface area (Å²) in [5.41, 5.74) is 0. The van der Waals surface area contributed by atoms with Crippen LogP contribution in [0, 0.1) is 11.8 Å². The molecule has 0 bridgehead atoms. The van der Waals surface area contributed by atoms with Gasteiger partial charge in [-0.25, -0.2) is 0 Å². The van der Waals surface area contributed by atoms with E-state index in [1.54, 1.807) is 0 Å². The second-order valence-electron chi connectivity index (χ2n) is 6.10. The summed E-state index contributed by atoms with van der Waals surface area (Å²) in [7, 11) is 0. The third kappa shape index (κ3) is 4.59. The van der Waals surface area contributed by atoms with E-state index in [-0.39, 0.29) is 0 Å². The highest BCUT2D eigenvalue weighted by Gasteiger charge is 2.20. The van der Waals surface area contributed by atoms with Gasteiger partial charge in [0.25, 0.3) is 0 Å². The summed E-state index contributed by atoms with van der Waals surface area (Å²) in [6, 6.07) is 0. The second-order valence-corrected chi connectivity index (χ2v) is 6.10. The van der Waals surface area contributed by atoms with Gasteiger partial charge in [0, 0.05) is 6.54 Å². The Hall–Kier alpha value is -0.0800. The van der Waals surface area contributed by atoms with E-state index < -0.39 is 0 Å². The molecule has 0 aliphatic carbocycles. The molecule has 0 spiro atoms. The standard InChI is InChI=1S/C15H30N2/c1-2-5-14-7-4-10-17(11-8-14)13-15-6-3-9-16-12-15/h14-16H,2-13H2,1H3. The van der Waals surface area contributed by atoms with E-state index in [9.17, 15) is 0 Å². The summed E-state index contributed by atoms with van der Waals surface area (Å²) < 4.78 is 0. The van der Waals surface area contributed by atoms with E-state index in [0.29, 0.717) is 0 Å². The van der Waals surface area contributed by atoms with Crippen LogP contribution in [-0.2, 0) is 0 Å². The van der Waals surface area contributed by atoms with Gasteiger partial charge in [-0.3, -0.25) is 0 Å². The lowest BCUT2D eigenvalue weighted by Crippen LogP contribution is -2.38. The van der Waals surface area contributed by atoms with Crippen LogP contribution in [0.4, 0.5) is 0 Å². The predicted octanol–water partition coefficient (Wildman–Crippen LogP) is 2.89. The highest BCUT2D eigenvalue weighted by molar-refractivity contribution is 4.76. The Kier molecular flexibility index (Phi) is 5.79. The van der Waals surface area contributed by atoms with Crippen LogP contribution in [0.2, 0.25) is 0 Å². The Morgan fingerprint density at radius 3 is 2.71 bits per heavy atom. The number of rotatable bonds is 4. The van der Waals surface area contributed by atoms with Crippen LogP contribution in [0.15, 0.2) is 0 Å². The molecule has 2 heterocycles. The molecule has 100 valence electrons. The summed E-state index contributed by atoms with van der Waals surface area (Å²) in [4.78, 5) is 2.74. The Balaban J connectivity index is 1.70. The fourth-order valence-electron chi connectivity index (χ4n) is 3.55. The average molecular weight is 238 g/mol. The number of hydrogen-bond acceptors (Lipinski definition) is 2. The lowest BCUT2D eigenvalue weighted by atomic mass is 9.96. The summed E-state index contributed by atoms with van der Waals surface area (Å²) in [6.45, 7) is 8.91. The number of piperidine rings is 1. The molecule has 2 aliphatic rings. The van der Waals surface area contributed by atoms with Crippen molar-refractivity contribution >= 4 is 0 Å². The van der Waals surface area contributed by atoms with Gasteiger partial charge in [-0.15, -0.1) is 0 Å². The number of nitrogens with one attached hydrogen (secondary N) is 1. The van der Waals surface area contributed by atoms with E-state index in [1.807, 2.05) is 0 Å². The van der Waals surface area contributed by atoms with E-state index in [2.05, 4.69) is 17.1 Å². The summed E-state index contributed by atoms with van der Waals surface area (Å²) in [6.07, 6.45) is 10.0. The van der Waals surface area contributed by atoms with Crippen LogP contribution in [0.5, 0.6) is 0 Å². The molecule has 0 aromatic carbocycles. The van der Waals surface area contributed by atoms with Crippen LogP contribution in [0.25, 0.3) is 0 Å². The van der Waals surface area contributed by atoms with E-state index >= 15 is 0 Å². The largest absolute Gasteiger partial charge is 0.316 e. The minimum absolute atomic E-state index is 0.923. The Morgan fingerprint density at radius 2 is 1.94 bits per heavy atom. The van der Waals surface area contributed by atoms with Gasteiger partial charge >= 0.3 is 0 Å². The minimum Gasteiger partial charge on any atom is -0.316 e. The van der Waals surface area contributed by atoms with Crippen molar-refractivity contribution in [2.75, 3.05) is 32.7 Å². The van der Waals surface area contributed by atoms with Crippen molar-refractivity contribution < 1.29 is 0 Å². The maximum absolute atomic E-state index is 3.54. The smallest absolute Gasteiger partial charge is 0.00218 e. The molecule has 2 fully saturated rings. The number of hydrogen-bond donors (Lipinski definition) is 1. The first-order valence-electron chi connectivity index (χ1n) is 7.81. The molecule has 17 heavy (non-hydrogen) atoms. The van der Waals surface area contributed by atoms with Crippen LogP contribution >= 0.6 is 0 Å². The van der Waals surface area contributed by atoms with Crippen molar-refractivity contribution in [1.82, 2.24) is 10.2 Å². The highest BCUT2D eigenvalue weighted by atomic mass is 15.1. The zero-order valence-electron chi connectivity index (χ0n) is 11.6. The van der Waals surface area contributed by atoms with Crippen molar-refractivity contribution in [2.45, 2.75) is 51.9 Å². The lowest BCUT2D eigenvalue weighted by molar-refractivity contribution is 0.212. The minimum atomic E-state index is 0.923. The van der Waals surface area contributed by atoms with Crippen molar-refractivity contribution in [2.24, 2.45) is 11.8 Å². The third-order valence-corrected chi connectivity index (χ3v) is 4.55. The van der Waals surface area contributed by atoms with Gasteiger partial charge in [0.05, 0.1) is 0 Å². The SMILES string of the molecule is CCCC1CCCN(CC2CCCNC2)CC1. The van der Waals surface area contributed by atoms with E-state index in [4.69, 9.17) is 0 Å². The molecule has 2 rings (SSSR count). The van der Waals surface area contributed by atoms with Gasteiger partial charge < -0.3 is 10.2 Å². The van der Waals surface area contributed by atoms with Crippen LogP contribution in [0.3, 0.4) is 0 Å². The topological polar surface area (TPSA) is 15.3 Å². The van der Waals surface area contributed by atoms with Crippen molar-refractivity contribution in [3.63, 3.8) is 0 Å². The van der Waals surface area contributed by atoms with Gasteiger partial charge in [-0.1, -0.05) is 19.8 Å². The van der Waals surface area contributed by atoms with Crippen molar-refractivity contribution in [1.29, 1.82) is 0 Å². The predicted molar refractivity (Wildman–Crippen MR) is 74.3 cm³/mol. The van der Waals surface area contributed by atoms with Crippen LogP contribution in [0.1, 0.15) is 51.9 Å². The molecular weight excluding hydrogens is 208 g/mol. The average Bonchev–Trinajstić information content (AvgIpc) is 2.57. The first-order valence-corrected chi connectivity index (χ1v) is 7.81. The molecule has 2 heteroatoms. The zero-order valence-corrected chi connectivity index (χ0v) is 11.6. The molecule has 0 radical (unpaired) electrons.